The Balaban J connectivity index is 2.11. The first kappa shape index (κ1) is 12.4. The molecule has 0 unspecified atom stereocenters. The summed E-state index contributed by atoms with van der Waals surface area (Å²) in [4.78, 5) is 0. The Bertz CT molecular complexity index is 518. The third-order valence-electron chi connectivity index (χ3n) is 2.69. The first-order valence-electron chi connectivity index (χ1n) is 5.53. The predicted molar refractivity (Wildman–Crippen MR) is 66.5 cm³/mol. The standard InChI is InChI=1S/C14H13F2NO/c1-9-6-12(18)4-5-14(9)17-8-10-2-3-11(15)7-13(10)16/h2-7,17-18H,8H2,1H3. The van der Waals surface area contributed by atoms with Crippen LogP contribution >= 0.6 is 0 Å². The van der Waals surface area contributed by atoms with Gasteiger partial charge in [-0.3, -0.25) is 0 Å². The van der Waals surface area contributed by atoms with E-state index in [4.69, 9.17) is 0 Å². The molecule has 0 fully saturated rings. The van der Waals surface area contributed by atoms with Gasteiger partial charge in [0, 0.05) is 23.9 Å². The Labute approximate surface area is 104 Å². The van der Waals surface area contributed by atoms with Crippen LogP contribution in [0.4, 0.5) is 14.5 Å². The minimum Gasteiger partial charge on any atom is -0.508 e. The molecule has 2 N–H and O–H groups in total. The van der Waals surface area contributed by atoms with E-state index in [0.29, 0.717) is 5.56 Å². The molecule has 94 valence electrons. The number of aryl methyl sites for hydroxylation is 1. The highest BCUT2D eigenvalue weighted by Crippen LogP contribution is 2.21. The second kappa shape index (κ2) is 5.04. The second-order valence-corrected chi connectivity index (χ2v) is 4.09. The maximum atomic E-state index is 13.4. The summed E-state index contributed by atoms with van der Waals surface area (Å²) in [6.45, 7) is 2.10. The zero-order valence-corrected chi connectivity index (χ0v) is 9.87. The van der Waals surface area contributed by atoms with Crippen molar-refractivity contribution in [2.75, 3.05) is 5.32 Å². The Hall–Kier alpha value is -2.10. The van der Waals surface area contributed by atoms with Gasteiger partial charge in [-0.05, 0) is 36.8 Å². The molecule has 2 rings (SSSR count). The van der Waals surface area contributed by atoms with Gasteiger partial charge in [0.25, 0.3) is 0 Å². The van der Waals surface area contributed by atoms with Crippen molar-refractivity contribution < 1.29 is 13.9 Å². The van der Waals surface area contributed by atoms with E-state index in [1.54, 1.807) is 18.2 Å². The normalized spacial score (nSPS) is 10.4. The molecule has 4 heteroatoms. The van der Waals surface area contributed by atoms with Gasteiger partial charge in [-0.15, -0.1) is 0 Å². The van der Waals surface area contributed by atoms with Crippen LogP contribution in [0.2, 0.25) is 0 Å². The monoisotopic (exact) mass is 249 g/mol. The number of phenols is 1. The molecule has 0 radical (unpaired) electrons. The largest absolute Gasteiger partial charge is 0.508 e. The Morgan fingerprint density at radius 1 is 1.11 bits per heavy atom. The molecule has 0 atom stereocenters. The van der Waals surface area contributed by atoms with Crippen LogP contribution in [0.1, 0.15) is 11.1 Å². The first-order chi connectivity index (χ1) is 8.56. The van der Waals surface area contributed by atoms with Crippen molar-refractivity contribution in [1.29, 1.82) is 0 Å². The van der Waals surface area contributed by atoms with Crippen LogP contribution in [0.5, 0.6) is 5.75 Å². The molecule has 0 aliphatic rings. The van der Waals surface area contributed by atoms with E-state index in [1.807, 2.05) is 6.92 Å². The highest BCUT2D eigenvalue weighted by Gasteiger charge is 2.04. The Morgan fingerprint density at radius 3 is 2.56 bits per heavy atom. The van der Waals surface area contributed by atoms with Gasteiger partial charge < -0.3 is 10.4 Å². The molecule has 0 spiro atoms. The number of hydrogen-bond acceptors (Lipinski definition) is 2. The fourth-order valence-corrected chi connectivity index (χ4v) is 1.70. The molecule has 2 nitrogen and oxygen atoms in total. The summed E-state index contributed by atoms with van der Waals surface area (Å²) in [6, 6.07) is 8.38. The molecule has 0 amide bonds. The first-order valence-corrected chi connectivity index (χ1v) is 5.53. The molecule has 0 aliphatic heterocycles. The highest BCUT2D eigenvalue weighted by molar-refractivity contribution is 5.53. The molecule has 0 saturated heterocycles. The Morgan fingerprint density at radius 2 is 1.89 bits per heavy atom. The van der Waals surface area contributed by atoms with Gasteiger partial charge in [0.05, 0.1) is 0 Å². The van der Waals surface area contributed by atoms with E-state index in [2.05, 4.69) is 5.32 Å². The number of halogens is 2. The zero-order valence-electron chi connectivity index (χ0n) is 9.87. The van der Waals surface area contributed by atoms with Crippen molar-refractivity contribution in [3.8, 4) is 5.75 Å². The smallest absolute Gasteiger partial charge is 0.131 e. The molecule has 0 aliphatic carbocycles. The number of rotatable bonds is 3. The van der Waals surface area contributed by atoms with Gasteiger partial charge in [0.15, 0.2) is 0 Å². The van der Waals surface area contributed by atoms with Crippen LogP contribution in [0.3, 0.4) is 0 Å². The van der Waals surface area contributed by atoms with Crippen molar-refractivity contribution in [3.05, 3.63) is 59.2 Å². The highest BCUT2D eigenvalue weighted by atomic mass is 19.1. The van der Waals surface area contributed by atoms with E-state index in [9.17, 15) is 13.9 Å². The van der Waals surface area contributed by atoms with Crippen LogP contribution in [0.15, 0.2) is 36.4 Å². The van der Waals surface area contributed by atoms with Gasteiger partial charge in [-0.25, -0.2) is 8.78 Å². The fourth-order valence-electron chi connectivity index (χ4n) is 1.70. The molecule has 0 heterocycles. The lowest BCUT2D eigenvalue weighted by Crippen LogP contribution is -2.03. The molecule has 2 aromatic rings. The number of anilines is 1. The minimum absolute atomic E-state index is 0.186. The van der Waals surface area contributed by atoms with Crippen LogP contribution in [0.25, 0.3) is 0 Å². The molecular weight excluding hydrogens is 236 g/mol. The summed E-state index contributed by atoms with van der Waals surface area (Å²) in [7, 11) is 0. The van der Waals surface area contributed by atoms with E-state index in [1.165, 1.54) is 12.1 Å². The molecule has 0 aromatic heterocycles. The van der Waals surface area contributed by atoms with Crippen LogP contribution in [0, 0.1) is 18.6 Å². The summed E-state index contributed by atoms with van der Waals surface area (Å²) in [5.74, 6) is -0.970. The van der Waals surface area contributed by atoms with Gasteiger partial charge in [-0.1, -0.05) is 6.07 Å². The topological polar surface area (TPSA) is 32.3 Å². The number of hydrogen-bond donors (Lipinski definition) is 2. The van der Waals surface area contributed by atoms with Gasteiger partial charge >= 0.3 is 0 Å². The second-order valence-electron chi connectivity index (χ2n) is 4.09. The number of nitrogens with one attached hydrogen (secondary N) is 1. The van der Waals surface area contributed by atoms with Gasteiger partial charge in [-0.2, -0.15) is 0 Å². The number of phenolic OH excluding ortho intramolecular Hbond substituents is 1. The van der Waals surface area contributed by atoms with Crippen molar-refractivity contribution in [2.24, 2.45) is 0 Å². The average Bonchev–Trinajstić information content (AvgIpc) is 2.30. The van der Waals surface area contributed by atoms with E-state index in [-0.39, 0.29) is 12.3 Å². The van der Waals surface area contributed by atoms with Crippen molar-refractivity contribution >= 4 is 5.69 Å². The molecule has 2 aromatic carbocycles. The predicted octanol–water partition coefficient (Wildman–Crippen LogP) is 3.59. The summed E-state index contributed by atoms with van der Waals surface area (Å²) < 4.78 is 26.1. The minimum atomic E-state index is -0.586. The van der Waals surface area contributed by atoms with Gasteiger partial charge in [0.1, 0.15) is 17.4 Å². The lowest BCUT2D eigenvalue weighted by molar-refractivity contribution is 0.475. The van der Waals surface area contributed by atoms with E-state index in [0.717, 1.165) is 17.3 Å². The Kier molecular flexibility index (Phi) is 3.46. The third kappa shape index (κ3) is 2.77. The summed E-state index contributed by atoms with van der Waals surface area (Å²) in [5.41, 5.74) is 2.05. The van der Waals surface area contributed by atoms with Crippen LogP contribution in [-0.2, 0) is 6.54 Å². The lowest BCUT2D eigenvalue weighted by Gasteiger charge is -2.10. The summed E-state index contributed by atoms with van der Waals surface area (Å²) in [5, 5.41) is 12.3. The quantitative estimate of drug-likeness (QED) is 0.815. The lowest BCUT2D eigenvalue weighted by atomic mass is 10.1. The summed E-state index contributed by atoms with van der Waals surface area (Å²) in [6.07, 6.45) is 0. The molecule has 0 bridgehead atoms. The molecule has 0 saturated carbocycles. The molecule has 18 heavy (non-hydrogen) atoms. The van der Waals surface area contributed by atoms with E-state index < -0.39 is 11.6 Å². The maximum Gasteiger partial charge on any atom is 0.131 e. The fraction of sp³-hybridized carbons (Fsp3) is 0.143. The number of benzene rings is 2. The zero-order chi connectivity index (χ0) is 13.1. The van der Waals surface area contributed by atoms with Crippen LogP contribution in [-0.4, -0.2) is 5.11 Å². The average molecular weight is 249 g/mol. The maximum absolute atomic E-state index is 13.4. The molecular formula is C14H13F2NO. The van der Waals surface area contributed by atoms with E-state index >= 15 is 0 Å². The van der Waals surface area contributed by atoms with Crippen molar-refractivity contribution in [2.45, 2.75) is 13.5 Å². The summed E-state index contributed by atoms with van der Waals surface area (Å²) >= 11 is 0. The third-order valence-corrected chi connectivity index (χ3v) is 2.69. The van der Waals surface area contributed by atoms with Gasteiger partial charge in [0.2, 0.25) is 0 Å². The number of aromatic hydroxyl groups is 1. The van der Waals surface area contributed by atoms with Crippen molar-refractivity contribution in [1.82, 2.24) is 0 Å². The van der Waals surface area contributed by atoms with Crippen molar-refractivity contribution in [3.63, 3.8) is 0 Å². The SMILES string of the molecule is Cc1cc(O)ccc1NCc1ccc(F)cc1F. The van der Waals surface area contributed by atoms with Crippen LogP contribution < -0.4 is 5.32 Å².